The lowest BCUT2D eigenvalue weighted by Gasteiger charge is -2.39. The summed E-state index contributed by atoms with van der Waals surface area (Å²) < 4.78 is 23.0. The van der Waals surface area contributed by atoms with Crippen molar-refractivity contribution < 1.29 is 13.2 Å². The second kappa shape index (κ2) is 6.23. The van der Waals surface area contributed by atoms with E-state index in [9.17, 15) is 13.2 Å². The first-order chi connectivity index (χ1) is 11.9. The van der Waals surface area contributed by atoms with E-state index in [2.05, 4.69) is 31.4 Å². The van der Waals surface area contributed by atoms with Crippen LogP contribution in [0.15, 0.2) is 29.2 Å². The van der Waals surface area contributed by atoms with Gasteiger partial charge in [-0.25, -0.2) is 18.4 Å². The molecule has 0 radical (unpaired) electrons. The number of nitrogens with two attached hydrogens (primary N) is 1. The molecule has 3 rings (SSSR count). The Kier molecular flexibility index (Phi) is 4.60. The van der Waals surface area contributed by atoms with Gasteiger partial charge in [0.25, 0.3) is 0 Å². The number of fused-ring (bicyclic) bond motifs is 2. The van der Waals surface area contributed by atoms with Gasteiger partial charge in [0, 0.05) is 6.04 Å². The highest BCUT2D eigenvalue weighted by molar-refractivity contribution is 7.89. The number of carbonyl (C=O) groups excluding carboxylic acids is 1. The third-order valence-corrected chi connectivity index (χ3v) is 8.04. The van der Waals surface area contributed by atoms with E-state index in [-0.39, 0.29) is 33.8 Å². The molecule has 0 spiro atoms. The Morgan fingerprint density at radius 1 is 1.31 bits per heavy atom. The van der Waals surface area contributed by atoms with Crippen molar-refractivity contribution >= 4 is 16.1 Å². The number of urea groups is 1. The summed E-state index contributed by atoms with van der Waals surface area (Å²) in [6.07, 6.45) is 3.40. The minimum Gasteiger partial charge on any atom is -0.335 e. The van der Waals surface area contributed by atoms with E-state index in [0.29, 0.717) is 11.5 Å². The minimum atomic E-state index is -3.76. The molecule has 2 amide bonds. The fourth-order valence-corrected chi connectivity index (χ4v) is 5.43. The zero-order chi connectivity index (χ0) is 19.3. The van der Waals surface area contributed by atoms with Crippen molar-refractivity contribution in [2.75, 3.05) is 0 Å². The molecule has 2 saturated carbocycles. The number of nitrogens with one attached hydrogen (secondary N) is 2. The number of primary sulfonamides is 1. The van der Waals surface area contributed by atoms with Crippen LogP contribution in [0.25, 0.3) is 0 Å². The summed E-state index contributed by atoms with van der Waals surface area (Å²) in [5.74, 6) is 0.654. The van der Waals surface area contributed by atoms with Gasteiger partial charge in [-0.3, -0.25) is 0 Å². The first-order valence-corrected chi connectivity index (χ1v) is 10.7. The van der Waals surface area contributed by atoms with E-state index < -0.39 is 10.0 Å². The van der Waals surface area contributed by atoms with Crippen LogP contribution in [0.5, 0.6) is 0 Å². The second-order valence-corrected chi connectivity index (χ2v) is 10.2. The van der Waals surface area contributed by atoms with E-state index in [4.69, 9.17) is 5.14 Å². The van der Waals surface area contributed by atoms with Crippen LogP contribution in [0.1, 0.15) is 58.6 Å². The van der Waals surface area contributed by atoms with Crippen LogP contribution in [-0.2, 0) is 10.0 Å². The van der Waals surface area contributed by atoms with Gasteiger partial charge in [0.1, 0.15) is 0 Å². The highest BCUT2D eigenvalue weighted by atomic mass is 32.2. The zero-order valence-electron chi connectivity index (χ0n) is 15.9. The van der Waals surface area contributed by atoms with Gasteiger partial charge in [0.15, 0.2) is 0 Å². The Morgan fingerprint density at radius 2 is 2.00 bits per heavy atom. The minimum absolute atomic E-state index is 0.0476. The summed E-state index contributed by atoms with van der Waals surface area (Å²) in [5, 5.41) is 11.3. The van der Waals surface area contributed by atoms with E-state index in [0.717, 1.165) is 12.8 Å². The van der Waals surface area contributed by atoms with Gasteiger partial charge in [-0.15, -0.1) is 0 Å². The largest absolute Gasteiger partial charge is 0.335 e. The van der Waals surface area contributed by atoms with Gasteiger partial charge in [0.05, 0.1) is 10.9 Å². The molecule has 1 aromatic rings. The SMILES string of the molecule is C[C@H](NC(=O)N[C@H]1C[C@H]2CC[C@@]1(C)C2(C)C)c1cccc(S(N)(=O)=O)c1. The van der Waals surface area contributed by atoms with Crippen LogP contribution in [0.3, 0.4) is 0 Å². The molecule has 2 aliphatic rings. The topological polar surface area (TPSA) is 101 Å². The fourth-order valence-electron chi connectivity index (χ4n) is 4.86. The molecule has 6 nitrogen and oxygen atoms in total. The van der Waals surface area contributed by atoms with E-state index in [1.54, 1.807) is 12.1 Å². The van der Waals surface area contributed by atoms with Gasteiger partial charge in [-0.1, -0.05) is 32.9 Å². The summed E-state index contributed by atoms with van der Waals surface area (Å²) in [4.78, 5) is 12.6. The third kappa shape index (κ3) is 3.11. The number of hydrogen-bond donors (Lipinski definition) is 3. The lowest BCUT2D eigenvalue weighted by atomic mass is 9.69. The number of carbonyl (C=O) groups is 1. The smallest absolute Gasteiger partial charge is 0.315 e. The van der Waals surface area contributed by atoms with E-state index in [1.807, 2.05) is 6.92 Å². The van der Waals surface area contributed by atoms with Gasteiger partial charge in [-0.05, 0) is 60.6 Å². The molecule has 7 heteroatoms. The molecule has 0 aromatic heterocycles. The molecule has 144 valence electrons. The standard InChI is InChI=1S/C19H29N3O3S/c1-12(13-6-5-7-15(10-13)26(20,24)25)21-17(23)22-16-11-14-8-9-19(16,4)18(14,2)3/h5-7,10,12,14,16H,8-9,11H2,1-4H3,(H2,20,24,25)(H2,21,22,23)/t12-,14+,16-,19+/m0/s1. The quantitative estimate of drug-likeness (QED) is 0.749. The molecule has 26 heavy (non-hydrogen) atoms. The van der Waals surface area contributed by atoms with Gasteiger partial charge in [0.2, 0.25) is 10.0 Å². The van der Waals surface area contributed by atoms with E-state index >= 15 is 0 Å². The Labute approximate surface area is 156 Å². The monoisotopic (exact) mass is 379 g/mol. The molecule has 0 unspecified atom stereocenters. The molecule has 0 heterocycles. The number of rotatable bonds is 4. The van der Waals surface area contributed by atoms with Crippen LogP contribution in [0.2, 0.25) is 0 Å². The number of benzene rings is 1. The maximum absolute atomic E-state index is 12.5. The molecular weight excluding hydrogens is 350 g/mol. The summed E-state index contributed by atoms with van der Waals surface area (Å²) in [6.45, 7) is 8.73. The van der Waals surface area contributed by atoms with Crippen LogP contribution in [0.4, 0.5) is 4.79 Å². The Hall–Kier alpha value is -1.60. The van der Waals surface area contributed by atoms with Crippen LogP contribution in [0, 0.1) is 16.7 Å². The highest BCUT2D eigenvalue weighted by Gasteiger charge is 2.61. The lowest BCUT2D eigenvalue weighted by Crippen LogP contribution is -2.50. The average Bonchev–Trinajstić information content (AvgIpc) is 2.87. The summed E-state index contributed by atoms with van der Waals surface area (Å²) >= 11 is 0. The van der Waals surface area contributed by atoms with Crippen LogP contribution >= 0.6 is 0 Å². The van der Waals surface area contributed by atoms with E-state index in [1.165, 1.54) is 18.6 Å². The van der Waals surface area contributed by atoms with Crippen molar-refractivity contribution in [2.45, 2.75) is 63.9 Å². The van der Waals surface area contributed by atoms with Crippen molar-refractivity contribution in [2.24, 2.45) is 21.9 Å². The number of amides is 2. The van der Waals surface area contributed by atoms with Crippen molar-refractivity contribution in [3.05, 3.63) is 29.8 Å². The zero-order valence-corrected chi connectivity index (χ0v) is 16.7. The van der Waals surface area contributed by atoms with Crippen LogP contribution < -0.4 is 15.8 Å². The summed E-state index contributed by atoms with van der Waals surface area (Å²) in [7, 11) is -3.76. The second-order valence-electron chi connectivity index (χ2n) is 8.62. The average molecular weight is 380 g/mol. The number of hydrogen-bond acceptors (Lipinski definition) is 3. The van der Waals surface area contributed by atoms with Gasteiger partial charge >= 0.3 is 6.03 Å². The van der Waals surface area contributed by atoms with Crippen molar-refractivity contribution in [3.63, 3.8) is 0 Å². The molecule has 2 aliphatic carbocycles. The highest BCUT2D eigenvalue weighted by Crippen LogP contribution is 2.65. The third-order valence-electron chi connectivity index (χ3n) is 7.13. The van der Waals surface area contributed by atoms with Crippen molar-refractivity contribution in [3.8, 4) is 0 Å². The maximum Gasteiger partial charge on any atom is 0.315 e. The first-order valence-electron chi connectivity index (χ1n) is 9.15. The van der Waals surface area contributed by atoms with Gasteiger partial charge in [-0.2, -0.15) is 0 Å². The molecule has 4 atom stereocenters. The fraction of sp³-hybridized carbons (Fsp3) is 0.632. The summed E-state index contributed by atoms with van der Waals surface area (Å²) in [6, 6.07) is 5.99. The molecule has 2 bridgehead atoms. The molecule has 4 N–H and O–H groups in total. The van der Waals surface area contributed by atoms with Crippen molar-refractivity contribution in [1.82, 2.24) is 10.6 Å². The van der Waals surface area contributed by atoms with Gasteiger partial charge < -0.3 is 10.6 Å². The Balaban J connectivity index is 1.66. The Bertz CT molecular complexity index is 821. The predicted octanol–water partition coefficient (Wildman–Crippen LogP) is 2.91. The summed E-state index contributed by atoms with van der Waals surface area (Å²) in [5.41, 5.74) is 1.05. The molecule has 0 aliphatic heterocycles. The molecule has 1 aromatic carbocycles. The van der Waals surface area contributed by atoms with Crippen molar-refractivity contribution in [1.29, 1.82) is 0 Å². The maximum atomic E-state index is 12.5. The Morgan fingerprint density at radius 3 is 2.54 bits per heavy atom. The first kappa shape index (κ1) is 19.2. The predicted molar refractivity (Wildman–Crippen MR) is 101 cm³/mol. The van der Waals surface area contributed by atoms with Crippen LogP contribution in [-0.4, -0.2) is 20.5 Å². The molecule has 2 fully saturated rings. The lowest BCUT2D eigenvalue weighted by molar-refractivity contribution is 0.123. The normalized spacial score (nSPS) is 30.8. The molecular formula is C19H29N3O3S. The number of sulfonamides is 1. The molecule has 0 saturated heterocycles.